The number of amides is 2. The molecule has 3 aliphatic heterocycles. The molecule has 3 heterocycles. The molecule has 164 valence electrons. The van der Waals surface area contributed by atoms with Gasteiger partial charge < -0.3 is 14.6 Å². The lowest BCUT2D eigenvalue weighted by Gasteiger charge is -2.33. The number of nitrogens with zero attached hydrogens (tertiary/aromatic N) is 2. The van der Waals surface area contributed by atoms with Crippen molar-refractivity contribution in [1.29, 1.82) is 5.26 Å². The summed E-state index contributed by atoms with van der Waals surface area (Å²) in [4.78, 5) is 39.8. The van der Waals surface area contributed by atoms with Crippen LogP contribution in [-0.4, -0.2) is 46.8 Å². The van der Waals surface area contributed by atoms with Gasteiger partial charge in [-0.05, 0) is 19.1 Å². The molecule has 0 unspecified atom stereocenters. The zero-order valence-electron chi connectivity index (χ0n) is 17.7. The van der Waals surface area contributed by atoms with Gasteiger partial charge in [0.25, 0.3) is 0 Å². The van der Waals surface area contributed by atoms with E-state index in [0.717, 1.165) is 0 Å². The molecule has 1 N–H and O–H groups in total. The number of fused-ring (bicyclic) bond motifs is 6. The predicted molar refractivity (Wildman–Crippen MR) is 112 cm³/mol. The normalized spacial score (nSPS) is 32.9. The SMILES string of the molecule is CC(=O)OCC[C@@]12C[C@@H](O)[C@@](C)(O1)[C@H]1C(=O)N(c3ccc(C#N)c4ccccc34)C(=O)[C@H]12. The van der Waals surface area contributed by atoms with E-state index in [1.165, 1.54) is 11.8 Å². The molecule has 3 aliphatic rings. The van der Waals surface area contributed by atoms with Crippen LogP contribution in [0.5, 0.6) is 0 Å². The highest BCUT2D eigenvalue weighted by molar-refractivity contribution is 6.26. The maximum absolute atomic E-state index is 13.7. The maximum atomic E-state index is 13.7. The van der Waals surface area contributed by atoms with Crippen molar-refractivity contribution in [3.8, 4) is 6.07 Å². The second-order valence-electron chi connectivity index (χ2n) is 8.92. The van der Waals surface area contributed by atoms with Gasteiger partial charge in [-0.2, -0.15) is 5.26 Å². The average Bonchev–Trinajstić information content (AvgIpc) is 3.29. The molecule has 8 nitrogen and oxygen atoms in total. The fourth-order valence-corrected chi connectivity index (χ4v) is 5.80. The monoisotopic (exact) mass is 434 g/mol. The van der Waals surface area contributed by atoms with Crippen molar-refractivity contribution in [3.05, 3.63) is 42.0 Å². The van der Waals surface area contributed by atoms with Crippen molar-refractivity contribution in [2.45, 2.75) is 44.0 Å². The highest BCUT2D eigenvalue weighted by atomic mass is 16.6. The van der Waals surface area contributed by atoms with Crippen molar-refractivity contribution in [1.82, 2.24) is 0 Å². The molecule has 3 fully saturated rings. The van der Waals surface area contributed by atoms with E-state index in [1.807, 2.05) is 0 Å². The van der Waals surface area contributed by atoms with Crippen molar-refractivity contribution in [2.24, 2.45) is 11.8 Å². The number of carbonyl (C=O) groups excluding carboxylic acids is 3. The lowest BCUT2D eigenvalue weighted by molar-refractivity contribution is -0.144. The minimum atomic E-state index is -1.20. The summed E-state index contributed by atoms with van der Waals surface area (Å²) in [5.74, 6) is -2.89. The number of ether oxygens (including phenoxy) is 2. The summed E-state index contributed by atoms with van der Waals surface area (Å²) < 4.78 is 11.3. The molecule has 0 radical (unpaired) electrons. The van der Waals surface area contributed by atoms with Gasteiger partial charge in [0.05, 0.1) is 47.5 Å². The summed E-state index contributed by atoms with van der Waals surface area (Å²) >= 11 is 0. The van der Waals surface area contributed by atoms with Crippen LogP contribution < -0.4 is 4.90 Å². The van der Waals surface area contributed by atoms with E-state index in [0.29, 0.717) is 22.0 Å². The summed E-state index contributed by atoms with van der Waals surface area (Å²) in [7, 11) is 0. The van der Waals surface area contributed by atoms with Crippen LogP contribution in [0.3, 0.4) is 0 Å². The first-order valence-corrected chi connectivity index (χ1v) is 10.5. The summed E-state index contributed by atoms with van der Waals surface area (Å²) in [6.45, 7) is 3.00. The number of aliphatic hydroxyl groups is 1. The minimum absolute atomic E-state index is 0.0304. The number of esters is 1. The molecule has 0 aliphatic carbocycles. The predicted octanol–water partition coefficient (Wildman–Crippen LogP) is 2.06. The van der Waals surface area contributed by atoms with Crippen LogP contribution in [0.2, 0.25) is 0 Å². The molecule has 2 amide bonds. The number of carbonyl (C=O) groups is 3. The van der Waals surface area contributed by atoms with E-state index < -0.39 is 46.9 Å². The molecule has 32 heavy (non-hydrogen) atoms. The van der Waals surface area contributed by atoms with Gasteiger partial charge in [0.15, 0.2) is 0 Å². The van der Waals surface area contributed by atoms with Gasteiger partial charge in [-0.15, -0.1) is 0 Å². The zero-order chi connectivity index (χ0) is 22.8. The Hall–Kier alpha value is -3.28. The van der Waals surface area contributed by atoms with E-state index in [2.05, 4.69) is 6.07 Å². The zero-order valence-corrected chi connectivity index (χ0v) is 17.7. The first-order chi connectivity index (χ1) is 15.2. The molecule has 2 aromatic rings. The molecular formula is C24H22N2O6. The van der Waals surface area contributed by atoms with Gasteiger partial charge in [-0.1, -0.05) is 24.3 Å². The summed E-state index contributed by atoms with van der Waals surface area (Å²) in [6, 6.07) is 12.5. The second-order valence-corrected chi connectivity index (χ2v) is 8.92. The molecule has 8 heteroatoms. The highest BCUT2D eigenvalue weighted by Crippen LogP contribution is 2.62. The smallest absolute Gasteiger partial charge is 0.302 e. The average molecular weight is 434 g/mol. The second kappa shape index (κ2) is 6.86. The Morgan fingerprint density at radius 3 is 2.59 bits per heavy atom. The fraction of sp³-hybridized carbons (Fsp3) is 0.417. The lowest BCUT2D eigenvalue weighted by atomic mass is 9.66. The number of benzene rings is 2. The Morgan fingerprint density at radius 1 is 1.22 bits per heavy atom. The number of rotatable bonds is 4. The minimum Gasteiger partial charge on any atom is -0.466 e. The van der Waals surface area contributed by atoms with Crippen LogP contribution in [0.15, 0.2) is 36.4 Å². The standard InChI is InChI=1S/C24H22N2O6/c1-13(27)31-10-9-24-11-18(28)23(2,32-24)19-20(24)22(30)26(21(19)29)17-8-7-14(12-25)15-5-3-4-6-16(15)17/h3-8,18-20,28H,9-11H2,1-2H3/t18-,19-,20+,23-,24+/m1/s1. The lowest BCUT2D eigenvalue weighted by Crippen LogP contribution is -2.49. The maximum Gasteiger partial charge on any atom is 0.302 e. The van der Waals surface area contributed by atoms with Crippen LogP contribution in [0, 0.1) is 23.2 Å². The van der Waals surface area contributed by atoms with Gasteiger partial charge in [0.1, 0.15) is 5.60 Å². The Balaban J connectivity index is 1.59. The largest absolute Gasteiger partial charge is 0.466 e. The number of hydrogen-bond donors (Lipinski definition) is 1. The first kappa shape index (κ1) is 20.6. The van der Waals surface area contributed by atoms with Gasteiger partial charge >= 0.3 is 5.97 Å². The quantitative estimate of drug-likeness (QED) is 0.578. The Kier molecular flexibility index (Phi) is 4.42. The van der Waals surface area contributed by atoms with Crippen LogP contribution >= 0.6 is 0 Å². The van der Waals surface area contributed by atoms with Crippen molar-refractivity contribution in [2.75, 3.05) is 11.5 Å². The summed E-state index contributed by atoms with van der Waals surface area (Å²) in [5, 5.41) is 21.5. The molecule has 0 aromatic heterocycles. The van der Waals surface area contributed by atoms with Crippen LogP contribution in [0.25, 0.3) is 10.8 Å². The van der Waals surface area contributed by atoms with E-state index in [-0.39, 0.29) is 19.4 Å². The molecular weight excluding hydrogens is 412 g/mol. The Labute approximate surface area is 184 Å². The van der Waals surface area contributed by atoms with Crippen molar-refractivity contribution < 1.29 is 29.0 Å². The van der Waals surface area contributed by atoms with Crippen LogP contribution in [0.4, 0.5) is 5.69 Å². The number of anilines is 1. The molecule has 3 saturated heterocycles. The summed E-state index contributed by atoms with van der Waals surface area (Å²) in [6.07, 6.45) is -0.524. The van der Waals surface area contributed by atoms with Gasteiger partial charge in [-0.25, -0.2) is 4.90 Å². The summed E-state index contributed by atoms with van der Waals surface area (Å²) in [5.41, 5.74) is -1.42. The first-order valence-electron chi connectivity index (χ1n) is 10.5. The van der Waals surface area contributed by atoms with Gasteiger partial charge in [0.2, 0.25) is 11.8 Å². The molecule has 2 aromatic carbocycles. The third kappa shape index (κ3) is 2.58. The molecule has 0 spiro atoms. The Morgan fingerprint density at radius 2 is 1.91 bits per heavy atom. The van der Waals surface area contributed by atoms with Crippen LogP contribution in [0.1, 0.15) is 32.3 Å². The van der Waals surface area contributed by atoms with E-state index in [1.54, 1.807) is 43.3 Å². The van der Waals surface area contributed by atoms with Crippen molar-refractivity contribution >= 4 is 34.2 Å². The van der Waals surface area contributed by atoms with Crippen molar-refractivity contribution in [3.63, 3.8) is 0 Å². The van der Waals surface area contributed by atoms with Crippen LogP contribution in [-0.2, 0) is 23.9 Å². The number of nitriles is 1. The van der Waals surface area contributed by atoms with E-state index in [9.17, 15) is 24.8 Å². The molecule has 2 bridgehead atoms. The third-order valence-corrected chi connectivity index (χ3v) is 7.21. The third-order valence-electron chi connectivity index (χ3n) is 7.21. The van der Waals surface area contributed by atoms with Gasteiger partial charge in [-0.3, -0.25) is 14.4 Å². The highest BCUT2D eigenvalue weighted by Gasteiger charge is 2.77. The van der Waals surface area contributed by atoms with E-state index >= 15 is 0 Å². The molecule has 0 saturated carbocycles. The Bertz CT molecular complexity index is 1220. The topological polar surface area (TPSA) is 117 Å². The van der Waals surface area contributed by atoms with Gasteiger partial charge in [0, 0.05) is 30.5 Å². The molecule has 5 rings (SSSR count). The fourth-order valence-electron chi connectivity index (χ4n) is 5.80. The van der Waals surface area contributed by atoms with E-state index in [4.69, 9.17) is 9.47 Å². The number of imide groups is 1. The molecule has 5 atom stereocenters. The number of hydrogen-bond acceptors (Lipinski definition) is 7. The number of aliphatic hydroxyl groups excluding tert-OH is 1.